The first-order valence-corrected chi connectivity index (χ1v) is 45.6. The zero-order chi connectivity index (χ0) is 95.1. The quantitative estimate of drug-likeness (QED) is 0.0211. The second kappa shape index (κ2) is 43.2. The second-order valence-corrected chi connectivity index (χ2v) is 35.0. The van der Waals surface area contributed by atoms with Crippen LogP contribution < -0.4 is 63.1 Å². The van der Waals surface area contributed by atoms with Crippen molar-refractivity contribution in [2.45, 2.75) is 85.7 Å². The molecule has 0 aliphatic carbocycles. The lowest BCUT2D eigenvalue weighted by atomic mass is 9.98. The molecule has 4 aromatic carbocycles. The van der Waals surface area contributed by atoms with Gasteiger partial charge in [-0.3, -0.25) is 58.0 Å². The van der Waals surface area contributed by atoms with Gasteiger partial charge in [0, 0.05) is 138 Å². The molecule has 0 unspecified atom stereocenters. The van der Waals surface area contributed by atoms with Crippen LogP contribution in [-0.2, 0) is 24.5 Å². The number of halogens is 4. The summed E-state index contributed by atoms with van der Waals surface area (Å²) in [6.07, 6.45) is 11.2. The molecule has 12 N–H and O–H groups in total. The topological polar surface area (TPSA) is 432 Å². The van der Waals surface area contributed by atoms with Crippen LogP contribution in [0.4, 0.5) is 41.9 Å². The SMILES string of the molecule is CCOC(=O)Nc1ccn2c(-c3cc(OC(C)(C)c4ccccc4Cl)c(C(N)=O)s3)cnc2c1.CCOC(=O)Nc1ccn2c(-c3cc(O[C@@H](CC)c4ccccc4Cl)c(C(N)=O)s3)cnc2c1.CCOC(=O)Nc1ccn2c(-c3cc(O[C@H](C)c4ccccc4Cl)c(C(N)=O)s3)cnc2c1.COC(=O)Nc1ccn2c(-c3cc(O[C@H](C)c4ccccc4Cl)c(C(N)=O)s3)cnc2c1. The molecule has 0 aliphatic rings. The number of imidazole rings is 4. The molecular weight excluding hydrogens is 1870 g/mol. The van der Waals surface area contributed by atoms with Gasteiger partial charge in [-0.15, -0.1) is 45.3 Å². The van der Waals surface area contributed by atoms with Crippen molar-refractivity contribution in [3.63, 3.8) is 0 Å². The summed E-state index contributed by atoms with van der Waals surface area (Å²) < 4.78 is 51.4. The Morgan fingerprint density at radius 2 is 0.669 bits per heavy atom. The Balaban J connectivity index is 0.000000151. The van der Waals surface area contributed by atoms with Crippen LogP contribution in [0.1, 0.15) is 141 Å². The molecule has 686 valence electrons. The average Bonchev–Trinajstić information content (AvgIpc) is 1.65. The van der Waals surface area contributed by atoms with Gasteiger partial charge in [-0.2, -0.15) is 0 Å². The highest BCUT2D eigenvalue weighted by Gasteiger charge is 2.31. The zero-order valence-corrected chi connectivity index (χ0v) is 78.7. The Labute approximate surface area is 796 Å². The van der Waals surface area contributed by atoms with Crippen LogP contribution in [0.3, 0.4) is 0 Å². The second-order valence-electron chi connectivity index (χ2n) is 29.2. The minimum atomic E-state index is -0.811. The van der Waals surface area contributed by atoms with E-state index in [0.717, 1.165) is 64.5 Å². The number of carbonyl (C=O) groups excluding carboxylic acids is 8. The molecule has 0 aliphatic heterocycles. The van der Waals surface area contributed by atoms with Gasteiger partial charge in [0.05, 0.1) is 94.0 Å². The number of hydrogen-bond acceptors (Lipinski definition) is 24. The standard InChI is InChI=1S/2C24H23ClN4O4S.C23H21ClN4O4S.C22H19ClN4O4S/c1-4-32-23(31)28-14-9-10-29-17(13-27-20(29)11-14)19-12-18(21(34-19)22(26)30)33-24(2,3)15-7-5-6-8-16(15)25;1-3-18(15-7-5-6-8-16(15)25)33-19-12-20(34-22(19)23(26)30)17-13-27-21-11-14(9-10-29(17)21)28-24(31)32-4-2;1-3-31-23(30)27-14-8-9-28-17(12-26-20(28)10-14)19-11-18(21(33-19)22(25)29)32-13(2)15-6-4-5-7-16(15)24;1-12(14-5-3-4-6-15(14)23)31-17-10-18(32-20(17)21(24)28)16-11-25-19-9-13(7-8-27(16)19)26-22(29)30-2/h5-13H,4H2,1-3H3,(H2,26,30)(H,28,31);5-13,18H,3-4H2,1-2H3,(H2,26,30)(H,28,31);4-13H,3H2,1-2H3,(H2,25,29)(H,27,30);3-12H,1-2H3,(H2,24,28)(H,26,29)/t;18-;13-;12-/m.011/s1. The molecule has 32 nitrogen and oxygen atoms in total. The molecule has 16 aromatic rings. The number of pyridine rings is 4. The van der Waals surface area contributed by atoms with Gasteiger partial charge in [-0.1, -0.05) is 126 Å². The normalized spacial score (nSPS) is 11.7. The van der Waals surface area contributed by atoms with E-state index in [0.29, 0.717) is 114 Å². The van der Waals surface area contributed by atoms with Crippen LogP contribution in [0.2, 0.25) is 20.1 Å². The van der Waals surface area contributed by atoms with Crippen LogP contribution in [0.15, 0.2) is 219 Å². The van der Waals surface area contributed by atoms with Crippen molar-refractivity contribution in [2.75, 3.05) is 48.2 Å². The molecule has 0 saturated heterocycles. The maximum absolute atomic E-state index is 12.2. The summed E-state index contributed by atoms with van der Waals surface area (Å²) in [5.74, 6) is -0.800. The van der Waals surface area contributed by atoms with Crippen molar-refractivity contribution in [1.29, 1.82) is 0 Å². The molecular formula is C93H86Cl4N16O16S4. The molecule has 0 saturated carbocycles. The Morgan fingerprint density at radius 3 is 0.970 bits per heavy atom. The molecule has 40 heteroatoms. The molecule has 0 spiro atoms. The van der Waals surface area contributed by atoms with E-state index in [-0.39, 0.29) is 25.9 Å². The van der Waals surface area contributed by atoms with Crippen LogP contribution in [0.25, 0.3) is 64.9 Å². The van der Waals surface area contributed by atoms with Crippen molar-refractivity contribution < 1.29 is 76.3 Å². The lowest BCUT2D eigenvalue weighted by Crippen LogP contribution is -2.26. The third kappa shape index (κ3) is 23.0. The maximum Gasteiger partial charge on any atom is 0.411 e. The van der Waals surface area contributed by atoms with E-state index in [4.69, 9.17) is 102 Å². The number of methoxy groups -OCH3 is 1. The van der Waals surface area contributed by atoms with Gasteiger partial charge in [0.15, 0.2) is 0 Å². The molecule has 8 amide bonds. The highest BCUT2D eigenvalue weighted by Crippen LogP contribution is 2.46. The number of hydrogen-bond donors (Lipinski definition) is 8. The number of fused-ring (bicyclic) bond motifs is 4. The fourth-order valence-electron chi connectivity index (χ4n) is 13.7. The van der Waals surface area contributed by atoms with Crippen molar-refractivity contribution in [3.05, 3.63) is 281 Å². The third-order valence-electron chi connectivity index (χ3n) is 19.8. The monoisotopic (exact) mass is 1950 g/mol. The summed E-state index contributed by atoms with van der Waals surface area (Å²) in [5.41, 5.74) is 32.6. The maximum atomic E-state index is 12.2. The highest BCUT2D eigenvalue weighted by atomic mass is 35.5. The predicted molar refractivity (Wildman–Crippen MR) is 517 cm³/mol. The van der Waals surface area contributed by atoms with Gasteiger partial charge >= 0.3 is 24.4 Å². The van der Waals surface area contributed by atoms with E-state index >= 15 is 0 Å². The lowest BCUT2D eigenvalue weighted by molar-refractivity contribution is 0.0951. The summed E-state index contributed by atoms with van der Waals surface area (Å²) in [7, 11) is 1.29. The molecule has 12 heterocycles. The predicted octanol–water partition coefficient (Wildman–Crippen LogP) is 22.3. The molecule has 16 rings (SSSR count). The molecule has 0 bridgehead atoms. The molecule has 12 aromatic heterocycles. The van der Waals surface area contributed by atoms with E-state index < -0.39 is 65.8 Å². The number of thiophene rings is 4. The summed E-state index contributed by atoms with van der Waals surface area (Å²) in [4.78, 5) is 117. The summed E-state index contributed by atoms with van der Waals surface area (Å²) >= 11 is 30.2. The first-order chi connectivity index (χ1) is 63.8. The number of nitrogens with zero attached hydrogens (tertiary/aromatic N) is 8. The lowest BCUT2D eigenvalue weighted by Gasteiger charge is -2.27. The molecule has 133 heavy (non-hydrogen) atoms. The van der Waals surface area contributed by atoms with E-state index in [1.165, 1.54) is 52.5 Å². The van der Waals surface area contributed by atoms with Gasteiger partial charge < -0.3 is 60.8 Å². The van der Waals surface area contributed by atoms with Crippen molar-refractivity contribution in [3.8, 4) is 65.3 Å². The molecule has 3 atom stereocenters. The van der Waals surface area contributed by atoms with Gasteiger partial charge in [-0.05, 0) is 103 Å². The largest absolute Gasteiger partial charge is 0.484 e. The molecule has 0 radical (unpaired) electrons. The third-order valence-corrected chi connectivity index (χ3v) is 25.8. The number of benzene rings is 4. The van der Waals surface area contributed by atoms with Crippen LogP contribution >= 0.6 is 91.8 Å². The highest BCUT2D eigenvalue weighted by molar-refractivity contribution is 7.19. The van der Waals surface area contributed by atoms with E-state index in [2.05, 4.69) is 45.9 Å². The van der Waals surface area contributed by atoms with E-state index in [1.54, 1.807) is 167 Å². The number of aromatic nitrogens is 8. The van der Waals surface area contributed by atoms with E-state index in [9.17, 15) is 38.4 Å². The Kier molecular flexibility index (Phi) is 31.3. The van der Waals surface area contributed by atoms with Crippen molar-refractivity contribution in [2.24, 2.45) is 22.9 Å². The van der Waals surface area contributed by atoms with Crippen LogP contribution in [0.5, 0.6) is 23.0 Å². The number of ether oxygens (including phenoxy) is 8. The Bertz CT molecular complexity index is 7020. The van der Waals surface area contributed by atoms with Crippen molar-refractivity contribution >= 4 is 185 Å². The average molecular weight is 1950 g/mol. The number of nitrogens with two attached hydrogens (primary N) is 4. The minimum Gasteiger partial charge on any atom is -0.484 e. The van der Waals surface area contributed by atoms with E-state index in [1.807, 2.05) is 125 Å². The first-order valence-electron chi connectivity index (χ1n) is 40.8. The number of rotatable bonds is 28. The number of primary amides is 4. The number of amides is 8. The summed E-state index contributed by atoms with van der Waals surface area (Å²) in [6, 6.07) is 50.5. The van der Waals surface area contributed by atoms with Crippen LogP contribution in [0, 0.1) is 0 Å². The summed E-state index contributed by atoms with van der Waals surface area (Å²) in [5, 5.41) is 12.9. The van der Waals surface area contributed by atoms with Gasteiger partial charge in [0.25, 0.3) is 23.6 Å². The number of anilines is 4. The smallest absolute Gasteiger partial charge is 0.411 e. The Hall–Kier alpha value is -14.2. The summed E-state index contributed by atoms with van der Waals surface area (Å²) in [6.45, 7) is 15.5. The zero-order valence-electron chi connectivity index (χ0n) is 72.4. The number of nitrogens with one attached hydrogen (secondary N) is 4. The van der Waals surface area contributed by atoms with Gasteiger partial charge in [0.1, 0.15) is 89.0 Å². The Morgan fingerprint density at radius 1 is 0.383 bits per heavy atom. The van der Waals surface area contributed by atoms with Crippen LogP contribution in [-0.4, -0.2) is 112 Å². The van der Waals surface area contributed by atoms with Crippen molar-refractivity contribution in [1.82, 2.24) is 37.5 Å². The van der Waals surface area contributed by atoms with Gasteiger partial charge in [0.2, 0.25) is 0 Å². The first kappa shape index (κ1) is 96.3. The minimum absolute atomic E-state index is 0.278. The fraction of sp³-hybridized carbons (Fsp3) is 0.183. The van der Waals surface area contributed by atoms with Gasteiger partial charge in [-0.25, -0.2) is 39.1 Å². The molecule has 0 fully saturated rings. The number of carbonyl (C=O) groups is 8. The fourth-order valence-corrected chi connectivity index (χ4v) is 18.7.